The van der Waals surface area contributed by atoms with Gasteiger partial charge in [-0.25, -0.2) is 4.99 Å². The maximum Gasteiger partial charge on any atom is 0.193 e. The molecule has 2 heterocycles. The first-order chi connectivity index (χ1) is 7.24. The summed E-state index contributed by atoms with van der Waals surface area (Å²) >= 11 is 0. The number of rotatable bonds is 4. The summed E-state index contributed by atoms with van der Waals surface area (Å²) in [6, 6.07) is 0.335. The van der Waals surface area contributed by atoms with Gasteiger partial charge in [-0.2, -0.15) is 0 Å². The molecule has 0 spiro atoms. The number of ether oxygens (including phenoxy) is 2. The van der Waals surface area contributed by atoms with Crippen LogP contribution in [-0.4, -0.2) is 37.6 Å². The van der Waals surface area contributed by atoms with Gasteiger partial charge in [0.25, 0.3) is 0 Å². The molecule has 0 aromatic carbocycles. The predicted octanol–water partition coefficient (Wildman–Crippen LogP) is 1.65. The molecule has 0 aliphatic carbocycles. The van der Waals surface area contributed by atoms with Gasteiger partial charge in [0.1, 0.15) is 13.2 Å². The molecule has 0 saturated carbocycles. The summed E-state index contributed by atoms with van der Waals surface area (Å²) < 4.78 is 10.8. The summed E-state index contributed by atoms with van der Waals surface area (Å²) in [4.78, 5) is 8.74. The molecule has 1 atom stereocenters. The van der Waals surface area contributed by atoms with E-state index in [4.69, 9.17) is 9.47 Å². The van der Waals surface area contributed by atoms with Crippen molar-refractivity contribution < 1.29 is 9.47 Å². The van der Waals surface area contributed by atoms with Crippen LogP contribution in [0, 0.1) is 5.92 Å². The molecule has 0 radical (unpaired) electrons. The topological polar surface area (TPSA) is 43.2 Å². The van der Waals surface area contributed by atoms with Crippen molar-refractivity contribution in [3.63, 3.8) is 0 Å². The number of nitrogens with zero attached hydrogens (tertiary/aromatic N) is 2. The van der Waals surface area contributed by atoms with Crippen LogP contribution in [0.5, 0.6) is 0 Å². The minimum Gasteiger partial charge on any atom is -0.479 e. The Kier molecular flexibility index (Phi) is 3.23. The van der Waals surface area contributed by atoms with Gasteiger partial charge in [-0.05, 0) is 12.3 Å². The molecule has 1 unspecified atom stereocenters. The summed E-state index contributed by atoms with van der Waals surface area (Å²) in [6.07, 6.45) is 1.73. The fraction of sp³-hybridized carbons (Fsp3) is 0.818. The molecule has 0 aromatic heterocycles. The zero-order chi connectivity index (χ0) is 10.7. The molecule has 0 amide bonds. The average molecular weight is 210 g/mol. The van der Waals surface area contributed by atoms with Gasteiger partial charge in [-0.3, -0.25) is 4.99 Å². The van der Waals surface area contributed by atoms with Crippen molar-refractivity contribution in [2.45, 2.75) is 32.7 Å². The first-order valence-electron chi connectivity index (χ1n) is 5.59. The SMILES string of the molecule is CC(C)CC1COC(CC2=NCCO2)=N1. The molecule has 84 valence electrons. The van der Waals surface area contributed by atoms with Gasteiger partial charge in [0.15, 0.2) is 11.8 Å². The third kappa shape index (κ3) is 2.94. The van der Waals surface area contributed by atoms with E-state index >= 15 is 0 Å². The van der Waals surface area contributed by atoms with Crippen LogP contribution < -0.4 is 0 Å². The minimum absolute atomic E-state index is 0.335. The number of hydrogen-bond donors (Lipinski definition) is 0. The number of aliphatic imine (C=N–C) groups is 2. The molecule has 0 fully saturated rings. The lowest BCUT2D eigenvalue weighted by atomic mass is 10.1. The van der Waals surface area contributed by atoms with Crippen LogP contribution in [0.1, 0.15) is 26.7 Å². The van der Waals surface area contributed by atoms with Gasteiger partial charge in [0, 0.05) is 0 Å². The fourth-order valence-corrected chi connectivity index (χ4v) is 1.85. The van der Waals surface area contributed by atoms with E-state index in [1.807, 2.05) is 0 Å². The third-order valence-corrected chi connectivity index (χ3v) is 2.46. The lowest BCUT2D eigenvalue weighted by molar-refractivity contribution is 0.293. The van der Waals surface area contributed by atoms with Crippen molar-refractivity contribution in [1.82, 2.24) is 0 Å². The van der Waals surface area contributed by atoms with Crippen molar-refractivity contribution in [3.05, 3.63) is 0 Å². The van der Waals surface area contributed by atoms with Crippen LogP contribution >= 0.6 is 0 Å². The second-order valence-corrected chi connectivity index (χ2v) is 4.42. The summed E-state index contributed by atoms with van der Waals surface area (Å²) in [5.74, 6) is 2.24. The van der Waals surface area contributed by atoms with Crippen molar-refractivity contribution in [2.24, 2.45) is 15.9 Å². The Morgan fingerprint density at radius 3 is 2.87 bits per heavy atom. The lowest BCUT2D eigenvalue weighted by Crippen LogP contribution is -2.09. The highest BCUT2D eigenvalue weighted by Crippen LogP contribution is 2.16. The first-order valence-corrected chi connectivity index (χ1v) is 5.59. The lowest BCUT2D eigenvalue weighted by Gasteiger charge is -2.06. The number of hydrogen-bond acceptors (Lipinski definition) is 4. The normalized spacial score (nSPS) is 24.9. The second kappa shape index (κ2) is 4.64. The van der Waals surface area contributed by atoms with Crippen LogP contribution in [0.3, 0.4) is 0 Å². The summed E-state index contributed by atoms with van der Waals surface area (Å²) in [6.45, 7) is 6.62. The van der Waals surface area contributed by atoms with Crippen LogP contribution in [0.25, 0.3) is 0 Å². The van der Waals surface area contributed by atoms with Crippen molar-refractivity contribution in [3.8, 4) is 0 Å². The van der Waals surface area contributed by atoms with Gasteiger partial charge in [0.2, 0.25) is 0 Å². The zero-order valence-electron chi connectivity index (χ0n) is 9.40. The highest BCUT2D eigenvalue weighted by Gasteiger charge is 2.22. The minimum atomic E-state index is 0.335. The highest BCUT2D eigenvalue weighted by atomic mass is 16.5. The van der Waals surface area contributed by atoms with Gasteiger partial charge < -0.3 is 9.47 Å². The average Bonchev–Trinajstić information content (AvgIpc) is 2.77. The fourth-order valence-electron chi connectivity index (χ4n) is 1.85. The molecule has 2 aliphatic rings. The van der Waals surface area contributed by atoms with Gasteiger partial charge >= 0.3 is 0 Å². The van der Waals surface area contributed by atoms with Gasteiger partial charge in [0.05, 0.1) is 19.0 Å². The maximum atomic E-state index is 5.52. The molecule has 4 heteroatoms. The van der Waals surface area contributed by atoms with E-state index in [0.29, 0.717) is 25.0 Å². The monoisotopic (exact) mass is 210 g/mol. The standard InChI is InChI=1S/C11H18N2O2/c1-8(2)5-9-7-15-11(13-9)6-10-12-3-4-14-10/h8-9H,3-7H2,1-2H3. The van der Waals surface area contributed by atoms with E-state index in [2.05, 4.69) is 23.8 Å². The van der Waals surface area contributed by atoms with E-state index in [1.165, 1.54) is 0 Å². The quantitative estimate of drug-likeness (QED) is 0.708. The Morgan fingerprint density at radius 1 is 1.33 bits per heavy atom. The molecule has 15 heavy (non-hydrogen) atoms. The van der Waals surface area contributed by atoms with Crippen molar-refractivity contribution in [2.75, 3.05) is 19.8 Å². The summed E-state index contributed by atoms with van der Waals surface area (Å²) in [7, 11) is 0. The largest absolute Gasteiger partial charge is 0.479 e. The third-order valence-electron chi connectivity index (χ3n) is 2.46. The molecule has 4 nitrogen and oxygen atoms in total. The van der Waals surface area contributed by atoms with E-state index < -0.39 is 0 Å². The van der Waals surface area contributed by atoms with Crippen LogP contribution in [-0.2, 0) is 9.47 Å². The molecule has 0 aromatic rings. The van der Waals surface area contributed by atoms with Gasteiger partial charge in [-0.1, -0.05) is 13.8 Å². The Morgan fingerprint density at radius 2 is 2.20 bits per heavy atom. The Balaban J connectivity index is 1.83. The Labute approximate surface area is 90.4 Å². The zero-order valence-corrected chi connectivity index (χ0v) is 9.40. The van der Waals surface area contributed by atoms with Crippen molar-refractivity contribution >= 4 is 11.8 Å². The predicted molar refractivity (Wildman–Crippen MR) is 59.5 cm³/mol. The molecule has 0 saturated heterocycles. The summed E-state index contributed by atoms with van der Waals surface area (Å²) in [5.41, 5.74) is 0. The molecular weight excluding hydrogens is 192 g/mol. The van der Waals surface area contributed by atoms with Gasteiger partial charge in [-0.15, -0.1) is 0 Å². The van der Waals surface area contributed by atoms with E-state index in [-0.39, 0.29) is 0 Å². The Hall–Kier alpha value is -1.06. The van der Waals surface area contributed by atoms with E-state index in [1.54, 1.807) is 0 Å². The van der Waals surface area contributed by atoms with Crippen molar-refractivity contribution in [1.29, 1.82) is 0 Å². The first kappa shape index (κ1) is 10.5. The van der Waals surface area contributed by atoms with E-state index in [9.17, 15) is 0 Å². The van der Waals surface area contributed by atoms with E-state index in [0.717, 1.165) is 31.4 Å². The van der Waals surface area contributed by atoms with Crippen LogP contribution in [0.2, 0.25) is 0 Å². The maximum absolute atomic E-state index is 5.52. The van der Waals surface area contributed by atoms with Crippen LogP contribution in [0.15, 0.2) is 9.98 Å². The molecule has 0 N–H and O–H groups in total. The highest BCUT2D eigenvalue weighted by molar-refractivity contribution is 5.98. The Bertz CT molecular complexity index is 284. The molecular formula is C11H18N2O2. The molecule has 2 aliphatic heterocycles. The van der Waals surface area contributed by atoms with Crippen LogP contribution in [0.4, 0.5) is 0 Å². The smallest absolute Gasteiger partial charge is 0.193 e. The second-order valence-electron chi connectivity index (χ2n) is 4.42. The molecule has 2 rings (SSSR count). The summed E-state index contributed by atoms with van der Waals surface area (Å²) in [5, 5.41) is 0. The molecule has 0 bridgehead atoms.